The standard InChI is InChI=1S/C22H29ClN4O3/c1-22(2,30)12-17(16-6-4-3-5-7-16)8-11-27(21(28)29)19-9-10-26(15-19)20-24-13-18(23)14-25-20/h3-7,13-14,17,19,30H,8-12,15H2,1-2H3,(H,28,29)/t17-,19+/m1/s1. The van der Waals surface area contributed by atoms with Gasteiger partial charge in [0.15, 0.2) is 0 Å². The lowest BCUT2D eigenvalue weighted by molar-refractivity contribution is 0.0598. The molecule has 0 bridgehead atoms. The molecule has 1 aromatic carbocycles. The van der Waals surface area contributed by atoms with Crippen molar-refractivity contribution in [2.24, 2.45) is 0 Å². The van der Waals surface area contributed by atoms with Crippen LogP contribution in [0.15, 0.2) is 42.7 Å². The SMILES string of the molecule is CC(C)(O)C[C@@H](CCN(C(=O)O)[C@H]1CCN(c2ncc(Cl)cn2)C1)c1ccccc1. The maximum atomic E-state index is 12.0. The van der Waals surface area contributed by atoms with Crippen LogP contribution in [0.1, 0.15) is 44.6 Å². The van der Waals surface area contributed by atoms with E-state index < -0.39 is 11.7 Å². The van der Waals surface area contributed by atoms with Gasteiger partial charge in [0, 0.05) is 19.6 Å². The summed E-state index contributed by atoms with van der Waals surface area (Å²) in [5, 5.41) is 20.7. The van der Waals surface area contributed by atoms with E-state index in [0.717, 1.165) is 12.0 Å². The van der Waals surface area contributed by atoms with Gasteiger partial charge < -0.3 is 20.0 Å². The number of hydrogen-bond donors (Lipinski definition) is 2. The Bertz CT molecular complexity index is 827. The topological polar surface area (TPSA) is 89.8 Å². The fraction of sp³-hybridized carbons (Fsp3) is 0.500. The van der Waals surface area contributed by atoms with Crippen LogP contribution in [-0.4, -0.2) is 62.5 Å². The summed E-state index contributed by atoms with van der Waals surface area (Å²) in [6.07, 6.45) is 4.11. The van der Waals surface area contributed by atoms with Crippen molar-refractivity contribution in [1.29, 1.82) is 0 Å². The summed E-state index contributed by atoms with van der Waals surface area (Å²) in [7, 11) is 0. The number of halogens is 1. The van der Waals surface area contributed by atoms with E-state index in [2.05, 4.69) is 9.97 Å². The summed E-state index contributed by atoms with van der Waals surface area (Å²) in [6.45, 7) is 5.24. The number of amides is 1. The molecule has 8 heteroatoms. The van der Waals surface area contributed by atoms with E-state index in [4.69, 9.17) is 11.6 Å². The molecule has 0 saturated carbocycles. The number of aliphatic hydroxyl groups is 1. The monoisotopic (exact) mass is 432 g/mol. The van der Waals surface area contributed by atoms with E-state index in [1.807, 2.05) is 35.2 Å². The second-order valence-corrected chi connectivity index (χ2v) is 8.92. The third kappa shape index (κ3) is 6.06. The zero-order chi connectivity index (χ0) is 21.7. The maximum absolute atomic E-state index is 12.0. The number of hydrogen-bond acceptors (Lipinski definition) is 5. The molecule has 162 valence electrons. The fourth-order valence-corrected chi connectivity index (χ4v) is 4.19. The Morgan fingerprint density at radius 3 is 2.57 bits per heavy atom. The molecule has 2 heterocycles. The number of rotatable bonds is 8. The molecule has 2 N–H and O–H groups in total. The highest BCUT2D eigenvalue weighted by molar-refractivity contribution is 6.30. The first-order valence-electron chi connectivity index (χ1n) is 10.2. The van der Waals surface area contributed by atoms with Crippen LogP contribution in [0, 0.1) is 0 Å². The van der Waals surface area contributed by atoms with Gasteiger partial charge in [-0.15, -0.1) is 0 Å². The lowest BCUT2D eigenvalue weighted by Gasteiger charge is -2.30. The predicted octanol–water partition coefficient (Wildman–Crippen LogP) is 4.02. The predicted molar refractivity (Wildman–Crippen MR) is 117 cm³/mol. The zero-order valence-electron chi connectivity index (χ0n) is 17.4. The highest BCUT2D eigenvalue weighted by Gasteiger charge is 2.32. The normalized spacial score (nSPS) is 17.7. The molecule has 0 spiro atoms. The summed E-state index contributed by atoms with van der Waals surface area (Å²) >= 11 is 5.86. The first-order valence-corrected chi connectivity index (χ1v) is 10.6. The summed E-state index contributed by atoms with van der Waals surface area (Å²) in [5.41, 5.74) is 0.289. The van der Waals surface area contributed by atoms with Gasteiger partial charge in [0.1, 0.15) is 0 Å². The average Bonchev–Trinajstić information content (AvgIpc) is 3.17. The average molecular weight is 433 g/mol. The molecule has 0 unspecified atom stereocenters. The van der Waals surface area contributed by atoms with Crippen LogP contribution < -0.4 is 4.90 Å². The van der Waals surface area contributed by atoms with Crippen LogP contribution in [0.2, 0.25) is 5.02 Å². The Balaban J connectivity index is 1.67. The van der Waals surface area contributed by atoms with Crippen molar-refractivity contribution >= 4 is 23.6 Å². The Morgan fingerprint density at radius 2 is 1.97 bits per heavy atom. The molecule has 1 amide bonds. The van der Waals surface area contributed by atoms with Crippen molar-refractivity contribution in [2.45, 2.75) is 50.7 Å². The van der Waals surface area contributed by atoms with E-state index in [9.17, 15) is 15.0 Å². The minimum Gasteiger partial charge on any atom is -0.465 e. The molecule has 2 atom stereocenters. The third-order valence-corrected chi connectivity index (χ3v) is 5.67. The Labute approximate surface area is 182 Å². The largest absolute Gasteiger partial charge is 0.465 e. The highest BCUT2D eigenvalue weighted by Crippen LogP contribution is 2.30. The van der Waals surface area contributed by atoms with Crippen molar-refractivity contribution in [2.75, 3.05) is 24.5 Å². The van der Waals surface area contributed by atoms with Gasteiger partial charge in [0.2, 0.25) is 5.95 Å². The third-order valence-electron chi connectivity index (χ3n) is 5.47. The fourth-order valence-electron chi connectivity index (χ4n) is 4.09. The van der Waals surface area contributed by atoms with E-state index in [1.54, 1.807) is 26.2 Å². The van der Waals surface area contributed by atoms with Crippen LogP contribution in [0.25, 0.3) is 0 Å². The molecule has 1 fully saturated rings. The molecule has 3 rings (SSSR count). The van der Waals surface area contributed by atoms with Gasteiger partial charge in [-0.1, -0.05) is 41.9 Å². The second kappa shape index (κ2) is 9.62. The number of carbonyl (C=O) groups is 1. The van der Waals surface area contributed by atoms with Gasteiger partial charge in [-0.05, 0) is 44.6 Å². The minimum atomic E-state index is -0.922. The molecule has 1 saturated heterocycles. The van der Waals surface area contributed by atoms with Crippen LogP contribution in [0.3, 0.4) is 0 Å². The van der Waals surface area contributed by atoms with E-state index in [0.29, 0.717) is 43.4 Å². The van der Waals surface area contributed by atoms with Gasteiger partial charge in [-0.2, -0.15) is 0 Å². The molecular weight excluding hydrogens is 404 g/mol. The van der Waals surface area contributed by atoms with Gasteiger partial charge in [-0.25, -0.2) is 14.8 Å². The van der Waals surface area contributed by atoms with E-state index in [1.165, 1.54) is 4.90 Å². The van der Waals surface area contributed by atoms with Crippen molar-refractivity contribution < 1.29 is 15.0 Å². The van der Waals surface area contributed by atoms with Gasteiger partial charge in [0.05, 0.1) is 29.1 Å². The Morgan fingerprint density at radius 1 is 1.30 bits per heavy atom. The number of carboxylic acid groups (broad SMARTS) is 1. The number of anilines is 1. The number of aromatic nitrogens is 2. The lowest BCUT2D eigenvalue weighted by Crippen LogP contribution is -2.42. The van der Waals surface area contributed by atoms with Crippen molar-refractivity contribution in [1.82, 2.24) is 14.9 Å². The zero-order valence-corrected chi connectivity index (χ0v) is 18.2. The molecule has 0 aliphatic carbocycles. The van der Waals surface area contributed by atoms with Gasteiger partial charge in [0.25, 0.3) is 0 Å². The lowest BCUT2D eigenvalue weighted by atomic mass is 9.85. The molecule has 1 aliphatic rings. The summed E-state index contributed by atoms with van der Waals surface area (Å²) < 4.78 is 0. The first-order chi connectivity index (χ1) is 14.2. The molecule has 1 aromatic heterocycles. The molecule has 7 nitrogen and oxygen atoms in total. The molecular formula is C22H29ClN4O3. The van der Waals surface area contributed by atoms with Crippen molar-refractivity contribution in [3.05, 3.63) is 53.3 Å². The molecule has 1 aliphatic heterocycles. The Hall–Kier alpha value is -2.38. The maximum Gasteiger partial charge on any atom is 0.407 e. The Kier molecular flexibility index (Phi) is 7.15. The van der Waals surface area contributed by atoms with Gasteiger partial charge in [-0.3, -0.25) is 0 Å². The summed E-state index contributed by atoms with van der Waals surface area (Å²) in [6, 6.07) is 9.86. The van der Waals surface area contributed by atoms with Crippen molar-refractivity contribution in [3.63, 3.8) is 0 Å². The number of benzene rings is 1. The van der Waals surface area contributed by atoms with Crippen LogP contribution in [0.5, 0.6) is 0 Å². The quantitative estimate of drug-likeness (QED) is 0.654. The van der Waals surface area contributed by atoms with E-state index >= 15 is 0 Å². The molecule has 0 radical (unpaired) electrons. The summed E-state index contributed by atoms with van der Waals surface area (Å²) in [4.78, 5) is 24.0. The van der Waals surface area contributed by atoms with Crippen molar-refractivity contribution in [3.8, 4) is 0 Å². The second-order valence-electron chi connectivity index (χ2n) is 8.48. The number of nitrogens with zero attached hydrogens (tertiary/aromatic N) is 4. The highest BCUT2D eigenvalue weighted by atomic mass is 35.5. The summed E-state index contributed by atoms with van der Waals surface area (Å²) in [5.74, 6) is 0.640. The van der Waals surface area contributed by atoms with E-state index in [-0.39, 0.29) is 12.0 Å². The molecule has 30 heavy (non-hydrogen) atoms. The smallest absolute Gasteiger partial charge is 0.407 e. The van der Waals surface area contributed by atoms with Gasteiger partial charge >= 0.3 is 6.09 Å². The van der Waals surface area contributed by atoms with Crippen LogP contribution >= 0.6 is 11.6 Å². The first kappa shape index (κ1) is 22.3. The molecule has 2 aromatic rings. The van der Waals surface area contributed by atoms with Crippen LogP contribution in [-0.2, 0) is 0 Å². The minimum absolute atomic E-state index is 0.0742. The van der Waals surface area contributed by atoms with Crippen LogP contribution in [0.4, 0.5) is 10.7 Å².